The number of aromatic amines is 1. The number of primary amides is 1. The van der Waals surface area contributed by atoms with E-state index in [0.717, 1.165) is 25.7 Å². The molecule has 0 aromatic carbocycles. The minimum atomic E-state index is -0.539. The summed E-state index contributed by atoms with van der Waals surface area (Å²) in [4.78, 5) is 26.6. The Labute approximate surface area is 149 Å². The molecule has 3 rings (SSSR count). The van der Waals surface area contributed by atoms with Crippen molar-refractivity contribution in [2.24, 2.45) is 11.5 Å². The van der Waals surface area contributed by atoms with E-state index in [4.69, 9.17) is 16.9 Å². The minimum Gasteiger partial charge on any atom is -0.382 e. The fourth-order valence-electron chi connectivity index (χ4n) is 3.07. The van der Waals surface area contributed by atoms with Crippen LogP contribution >= 0.6 is 11.3 Å². The van der Waals surface area contributed by atoms with Crippen molar-refractivity contribution in [1.82, 2.24) is 4.98 Å². The summed E-state index contributed by atoms with van der Waals surface area (Å²) in [6.45, 7) is 0. The molecule has 1 aliphatic carbocycles. The largest absolute Gasteiger partial charge is 0.382 e. The molecule has 1 amide bonds. The molecule has 0 radical (unpaired) electrons. The van der Waals surface area contributed by atoms with Crippen LogP contribution in [-0.2, 0) is 0 Å². The number of anilines is 1. The summed E-state index contributed by atoms with van der Waals surface area (Å²) >= 11 is 1.17. The molecular formula is C17H21N5O2S. The molecule has 0 aliphatic heterocycles. The van der Waals surface area contributed by atoms with Crippen LogP contribution in [0.1, 0.15) is 46.5 Å². The van der Waals surface area contributed by atoms with Crippen molar-refractivity contribution in [3.05, 3.63) is 50.1 Å². The summed E-state index contributed by atoms with van der Waals surface area (Å²) in [6, 6.07) is 3.79. The lowest BCUT2D eigenvalue weighted by Crippen LogP contribution is -2.34. The van der Waals surface area contributed by atoms with Crippen molar-refractivity contribution in [3.63, 3.8) is 0 Å². The second-order valence-electron chi connectivity index (χ2n) is 6.29. The topological polar surface area (TPSA) is 138 Å². The van der Waals surface area contributed by atoms with Crippen LogP contribution in [0.3, 0.4) is 0 Å². The fraction of sp³-hybridized carbons (Fsp3) is 0.353. The van der Waals surface area contributed by atoms with E-state index in [1.165, 1.54) is 11.3 Å². The highest BCUT2D eigenvalue weighted by Crippen LogP contribution is 2.24. The number of nitrogens with two attached hydrogens (primary N) is 2. The number of rotatable bonds is 5. The zero-order valence-electron chi connectivity index (χ0n) is 13.7. The van der Waals surface area contributed by atoms with Gasteiger partial charge in [0.25, 0.3) is 11.5 Å². The third-order valence-corrected chi connectivity index (χ3v) is 5.42. The summed E-state index contributed by atoms with van der Waals surface area (Å²) in [5.74, 6) is -0.539. The van der Waals surface area contributed by atoms with Gasteiger partial charge in [0.2, 0.25) is 0 Å². The number of thiophene rings is 1. The predicted molar refractivity (Wildman–Crippen MR) is 99.7 cm³/mol. The van der Waals surface area contributed by atoms with Gasteiger partial charge in [-0.3, -0.25) is 15.0 Å². The maximum Gasteiger partial charge on any atom is 0.259 e. The van der Waals surface area contributed by atoms with E-state index in [0.29, 0.717) is 16.1 Å². The van der Waals surface area contributed by atoms with Crippen LogP contribution in [-0.4, -0.2) is 28.7 Å². The number of amides is 1. The first-order valence-electron chi connectivity index (χ1n) is 8.17. The van der Waals surface area contributed by atoms with Crippen molar-refractivity contribution in [1.29, 1.82) is 5.41 Å². The second-order valence-corrected chi connectivity index (χ2v) is 7.20. The molecule has 0 bridgehead atoms. The Morgan fingerprint density at radius 3 is 2.68 bits per heavy atom. The lowest BCUT2D eigenvalue weighted by atomic mass is 9.91. The smallest absolute Gasteiger partial charge is 0.259 e. The Morgan fingerprint density at radius 2 is 2.04 bits per heavy atom. The maximum atomic E-state index is 12.3. The van der Waals surface area contributed by atoms with E-state index in [2.05, 4.69) is 10.3 Å². The van der Waals surface area contributed by atoms with Gasteiger partial charge in [-0.25, -0.2) is 0 Å². The summed E-state index contributed by atoms with van der Waals surface area (Å²) < 4.78 is 0. The highest BCUT2D eigenvalue weighted by Gasteiger charge is 2.22. The van der Waals surface area contributed by atoms with Gasteiger partial charge in [-0.05, 0) is 37.8 Å². The number of hydrogen-bond donors (Lipinski definition) is 5. The van der Waals surface area contributed by atoms with Crippen molar-refractivity contribution < 1.29 is 4.79 Å². The number of pyridine rings is 1. The Balaban J connectivity index is 1.88. The third-order valence-electron chi connectivity index (χ3n) is 4.47. The molecule has 25 heavy (non-hydrogen) atoms. The minimum absolute atomic E-state index is 0.0700. The normalized spacial score (nSPS) is 20.2. The van der Waals surface area contributed by atoms with Crippen molar-refractivity contribution in [2.45, 2.75) is 37.8 Å². The first-order chi connectivity index (χ1) is 12.0. The maximum absolute atomic E-state index is 12.3. The van der Waals surface area contributed by atoms with Crippen molar-refractivity contribution in [3.8, 4) is 0 Å². The molecule has 0 atom stereocenters. The molecule has 2 heterocycles. The number of carbonyl (C=O) groups excluding carboxylic acids is 1. The second kappa shape index (κ2) is 7.20. The Hall–Kier alpha value is -2.45. The van der Waals surface area contributed by atoms with Gasteiger partial charge in [0, 0.05) is 29.2 Å². The van der Waals surface area contributed by atoms with Crippen LogP contribution in [0, 0.1) is 5.41 Å². The zero-order chi connectivity index (χ0) is 18.0. The number of H-pyrrole nitrogens is 1. The molecule has 8 heteroatoms. The van der Waals surface area contributed by atoms with Gasteiger partial charge in [-0.15, -0.1) is 11.3 Å². The van der Waals surface area contributed by atoms with Crippen LogP contribution in [0.15, 0.2) is 28.5 Å². The van der Waals surface area contributed by atoms with Crippen LogP contribution in [0.5, 0.6) is 0 Å². The Kier molecular flexibility index (Phi) is 5.00. The summed E-state index contributed by atoms with van der Waals surface area (Å²) in [5, 5.41) is 13.5. The molecular weight excluding hydrogens is 338 g/mol. The zero-order valence-corrected chi connectivity index (χ0v) is 14.5. The van der Waals surface area contributed by atoms with Gasteiger partial charge < -0.3 is 21.8 Å². The van der Waals surface area contributed by atoms with Crippen LogP contribution in [0.4, 0.5) is 5.69 Å². The van der Waals surface area contributed by atoms with Gasteiger partial charge >= 0.3 is 0 Å². The fourth-order valence-corrected chi connectivity index (χ4v) is 3.82. The van der Waals surface area contributed by atoms with E-state index in [1.807, 2.05) is 0 Å². The number of nitrogens with one attached hydrogen (secondary N) is 3. The first-order valence-corrected chi connectivity index (χ1v) is 9.05. The first kappa shape index (κ1) is 17.4. The molecule has 132 valence electrons. The molecule has 7 N–H and O–H groups in total. The molecule has 0 saturated heterocycles. The van der Waals surface area contributed by atoms with E-state index in [-0.39, 0.29) is 28.9 Å². The average molecular weight is 359 g/mol. The molecule has 1 fully saturated rings. The predicted octanol–water partition coefficient (Wildman–Crippen LogP) is 1.63. The van der Waals surface area contributed by atoms with Gasteiger partial charge in [-0.2, -0.15) is 0 Å². The standard InChI is InChI=1S/C17H21N5O2S/c18-10-1-3-11(4-2-10)22-12-5-6-21-17(24)14(12)15(19)9-7-13(16(20)23)25-8-9/h5-8,10-11,19H,1-4,18H2,(H2,20,23)(H2,21,22,24)/t10-,11-. The number of aromatic nitrogens is 1. The van der Waals surface area contributed by atoms with Gasteiger partial charge in [0.1, 0.15) is 0 Å². The molecule has 1 saturated carbocycles. The number of hydrogen-bond acceptors (Lipinski definition) is 6. The highest BCUT2D eigenvalue weighted by molar-refractivity contribution is 7.12. The SMILES string of the molecule is N=C(c1csc(C(N)=O)c1)c1c(N[C@H]2CC[C@H](N)CC2)cc[nH]c1=O. The van der Waals surface area contributed by atoms with Gasteiger partial charge in [0.05, 0.1) is 21.8 Å². The lowest BCUT2D eigenvalue weighted by molar-refractivity contribution is 0.100. The molecule has 2 aromatic rings. The quantitative estimate of drug-likeness (QED) is 0.518. The van der Waals surface area contributed by atoms with Gasteiger partial charge in [0.15, 0.2) is 0 Å². The van der Waals surface area contributed by atoms with Crippen LogP contribution in [0.25, 0.3) is 0 Å². The monoisotopic (exact) mass is 359 g/mol. The van der Waals surface area contributed by atoms with Crippen LogP contribution < -0.4 is 22.3 Å². The van der Waals surface area contributed by atoms with E-state index in [1.54, 1.807) is 23.7 Å². The molecule has 7 nitrogen and oxygen atoms in total. The van der Waals surface area contributed by atoms with E-state index in [9.17, 15) is 9.59 Å². The molecule has 2 aromatic heterocycles. The van der Waals surface area contributed by atoms with E-state index < -0.39 is 5.91 Å². The molecule has 1 aliphatic rings. The summed E-state index contributed by atoms with van der Waals surface area (Å²) in [5.41, 5.74) is 12.3. The highest BCUT2D eigenvalue weighted by atomic mass is 32.1. The summed E-state index contributed by atoms with van der Waals surface area (Å²) in [7, 11) is 0. The molecule has 0 unspecified atom stereocenters. The molecule has 0 spiro atoms. The van der Waals surface area contributed by atoms with Crippen molar-refractivity contribution >= 4 is 28.6 Å². The number of carbonyl (C=O) groups is 1. The van der Waals surface area contributed by atoms with E-state index >= 15 is 0 Å². The average Bonchev–Trinajstić information content (AvgIpc) is 3.07. The summed E-state index contributed by atoms with van der Waals surface area (Å²) in [6.07, 6.45) is 5.33. The Morgan fingerprint density at radius 1 is 1.32 bits per heavy atom. The lowest BCUT2D eigenvalue weighted by Gasteiger charge is -2.28. The van der Waals surface area contributed by atoms with Gasteiger partial charge in [-0.1, -0.05) is 0 Å². The Bertz CT molecular complexity index is 849. The third kappa shape index (κ3) is 3.80. The van der Waals surface area contributed by atoms with Crippen molar-refractivity contribution in [2.75, 3.05) is 5.32 Å². The van der Waals surface area contributed by atoms with Crippen LogP contribution in [0.2, 0.25) is 0 Å².